The van der Waals surface area contributed by atoms with E-state index in [2.05, 4.69) is 33.7 Å². The number of morpholine rings is 1. The van der Waals surface area contributed by atoms with Crippen molar-refractivity contribution in [2.75, 3.05) is 26.3 Å². The summed E-state index contributed by atoms with van der Waals surface area (Å²) in [5, 5.41) is 0.849. The third-order valence-corrected chi connectivity index (χ3v) is 5.21. The second-order valence-electron chi connectivity index (χ2n) is 7.62. The van der Waals surface area contributed by atoms with Crippen LogP contribution in [-0.2, 0) is 4.74 Å². The van der Waals surface area contributed by atoms with E-state index in [4.69, 9.17) is 9.47 Å². The van der Waals surface area contributed by atoms with Crippen LogP contribution >= 0.6 is 0 Å². The highest BCUT2D eigenvalue weighted by Crippen LogP contribution is 2.21. The molecule has 1 unspecified atom stereocenters. The van der Waals surface area contributed by atoms with E-state index in [1.165, 1.54) is 6.33 Å². The van der Waals surface area contributed by atoms with Gasteiger partial charge in [-0.15, -0.1) is 0 Å². The number of carbonyl (C=O) groups is 1. The van der Waals surface area contributed by atoms with Gasteiger partial charge in [-0.05, 0) is 24.6 Å². The topological polar surface area (TPSA) is 77.4 Å². The summed E-state index contributed by atoms with van der Waals surface area (Å²) in [6, 6.07) is 9.49. The van der Waals surface area contributed by atoms with Crippen LogP contribution in [0.4, 0.5) is 0 Å². The maximum atomic E-state index is 13.0. The molecule has 0 spiro atoms. The molecule has 0 bridgehead atoms. The van der Waals surface area contributed by atoms with Gasteiger partial charge in [0, 0.05) is 30.9 Å². The molecule has 32 heavy (non-hydrogen) atoms. The van der Waals surface area contributed by atoms with Crippen LogP contribution in [0, 0.1) is 11.8 Å². The van der Waals surface area contributed by atoms with Crippen molar-refractivity contribution in [1.29, 1.82) is 0 Å². The van der Waals surface area contributed by atoms with E-state index in [1.807, 2.05) is 30.3 Å². The number of unbranched alkanes of at least 4 members (excludes halogenated alkanes) is 2. The van der Waals surface area contributed by atoms with Gasteiger partial charge < -0.3 is 14.4 Å². The zero-order valence-electron chi connectivity index (χ0n) is 18.2. The molecule has 4 rings (SSSR count). The highest BCUT2D eigenvalue weighted by atomic mass is 16.5. The van der Waals surface area contributed by atoms with Gasteiger partial charge in [0.15, 0.2) is 0 Å². The van der Waals surface area contributed by atoms with Crippen molar-refractivity contribution in [2.45, 2.75) is 32.3 Å². The number of carbonyl (C=O) groups excluding carboxylic acids is 1. The summed E-state index contributed by atoms with van der Waals surface area (Å²) in [5.74, 6) is 6.68. The Bertz CT molecular complexity index is 1130. The number of amides is 1. The van der Waals surface area contributed by atoms with Crippen molar-refractivity contribution < 1.29 is 14.3 Å². The molecule has 1 aliphatic heterocycles. The van der Waals surface area contributed by atoms with Crippen LogP contribution in [0.15, 0.2) is 49.1 Å². The number of nitrogens with zero attached hydrogens (tertiary/aromatic N) is 4. The Kier molecular flexibility index (Phi) is 7.26. The Morgan fingerprint density at radius 1 is 1.28 bits per heavy atom. The molecule has 0 N–H and O–H groups in total. The molecule has 0 aliphatic carbocycles. The Balaban J connectivity index is 1.38. The lowest BCUT2D eigenvalue weighted by atomic mass is 10.1. The lowest BCUT2D eigenvalue weighted by molar-refractivity contribution is -0.0405. The first-order valence-electron chi connectivity index (χ1n) is 10.9. The van der Waals surface area contributed by atoms with Crippen LogP contribution in [0.1, 0.15) is 42.1 Å². The minimum absolute atomic E-state index is 0.0736. The lowest BCUT2D eigenvalue weighted by Gasteiger charge is -2.32. The van der Waals surface area contributed by atoms with Gasteiger partial charge in [0.1, 0.15) is 19.0 Å². The first kappa shape index (κ1) is 21.7. The summed E-state index contributed by atoms with van der Waals surface area (Å²) in [6.07, 6.45) is 7.56. The van der Waals surface area contributed by atoms with Crippen molar-refractivity contribution in [3.05, 3.63) is 60.2 Å². The highest BCUT2D eigenvalue weighted by Gasteiger charge is 2.26. The molecule has 1 aromatic carbocycles. The number of aromatic nitrogens is 3. The molecule has 1 atom stereocenters. The molecule has 1 aliphatic rings. The Labute approximate surface area is 187 Å². The Morgan fingerprint density at radius 2 is 2.19 bits per heavy atom. The van der Waals surface area contributed by atoms with Gasteiger partial charge in [0.25, 0.3) is 5.91 Å². The molecule has 3 aromatic rings. The van der Waals surface area contributed by atoms with Crippen molar-refractivity contribution >= 4 is 16.8 Å². The zero-order valence-corrected chi connectivity index (χ0v) is 18.2. The number of ether oxygens (including phenoxy) is 2. The summed E-state index contributed by atoms with van der Waals surface area (Å²) in [5.41, 5.74) is 2.12. The molecule has 0 radical (unpaired) electrons. The Morgan fingerprint density at radius 3 is 3.09 bits per heavy atom. The molecule has 164 valence electrons. The smallest absolute Gasteiger partial charge is 0.255 e. The van der Waals surface area contributed by atoms with Gasteiger partial charge in [-0.3, -0.25) is 9.78 Å². The molecule has 0 saturated carbocycles. The van der Waals surface area contributed by atoms with Gasteiger partial charge in [-0.25, -0.2) is 9.97 Å². The number of benzene rings is 1. The molecule has 7 heteroatoms. The average molecular weight is 431 g/mol. The maximum absolute atomic E-state index is 13.0. The van der Waals surface area contributed by atoms with Crippen LogP contribution in [-0.4, -0.2) is 58.2 Å². The van der Waals surface area contributed by atoms with E-state index in [9.17, 15) is 4.79 Å². The van der Waals surface area contributed by atoms with E-state index in [-0.39, 0.29) is 12.0 Å². The summed E-state index contributed by atoms with van der Waals surface area (Å²) in [6.45, 7) is 3.85. The van der Waals surface area contributed by atoms with E-state index in [0.717, 1.165) is 35.7 Å². The number of rotatable bonds is 6. The van der Waals surface area contributed by atoms with Crippen LogP contribution in [0.3, 0.4) is 0 Å². The number of fused-ring (bicyclic) bond motifs is 1. The van der Waals surface area contributed by atoms with E-state index >= 15 is 0 Å². The summed E-state index contributed by atoms with van der Waals surface area (Å²) < 4.78 is 11.8. The molecule has 1 amide bonds. The lowest BCUT2D eigenvalue weighted by Crippen LogP contribution is -2.47. The molecule has 3 heterocycles. The Hall–Kier alpha value is -3.50. The quantitative estimate of drug-likeness (QED) is 0.440. The van der Waals surface area contributed by atoms with E-state index < -0.39 is 0 Å². The van der Waals surface area contributed by atoms with Crippen LogP contribution < -0.4 is 4.74 Å². The minimum atomic E-state index is -0.244. The monoisotopic (exact) mass is 430 g/mol. The number of pyridine rings is 1. The summed E-state index contributed by atoms with van der Waals surface area (Å²) >= 11 is 0. The van der Waals surface area contributed by atoms with Gasteiger partial charge in [-0.2, -0.15) is 0 Å². The largest absolute Gasteiger partial charge is 0.474 e. The minimum Gasteiger partial charge on any atom is -0.474 e. The fourth-order valence-corrected chi connectivity index (χ4v) is 3.51. The summed E-state index contributed by atoms with van der Waals surface area (Å²) in [4.78, 5) is 27.5. The molecule has 7 nitrogen and oxygen atoms in total. The third-order valence-electron chi connectivity index (χ3n) is 5.21. The predicted octanol–water partition coefficient (Wildman–Crippen LogP) is 3.49. The average Bonchev–Trinajstić information content (AvgIpc) is 2.85. The van der Waals surface area contributed by atoms with Crippen molar-refractivity contribution in [1.82, 2.24) is 19.9 Å². The number of hydrogen-bond donors (Lipinski definition) is 0. The van der Waals surface area contributed by atoms with Gasteiger partial charge in [0.05, 0.1) is 29.6 Å². The standard InChI is InChI=1S/C25H26N4O3/c1-2-3-4-5-8-19-13-20(15-26-14-19)25(30)29-11-12-31-21(16-29)17-32-24-22-9-6-7-10-23(22)27-18-28-24/h6-7,9-10,13-15,18,21H,2-4,11-12,16-17H2,1H3. The van der Waals surface area contributed by atoms with Gasteiger partial charge in [-0.1, -0.05) is 37.3 Å². The van der Waals surface area contributed by atoms with Crippen molar-refractivity contribution in [2.24, 2.45) is 0 Å². The highest BCUT2D eigenvalue weighted by molar-refractivity contribution is 5.94. The van der Waals surface area contributed by atoms with Crippen LogP contribution in [0.2, 0.25) is 0 Å². The maximum Gasteiger partial charge on any atom is 0.255 e. The normalized spacial score (nSPS) is 15.8. The predicted molar refractivity (Wildman–Crippen MR) is 121 cm³/mol. The number of para-hydroxylation sites is 1. The van der Waals surface area contributed by atoms with E-state index in [0.29, 0.717) is 37.7 Å². The van der Waals surface area contributed by atoms with Crippen molar-refractivity contribution in [3.8, 4) is 17.7 Å². The molecular weight excluding hydrogens is 404 g/mol. The second kappa shape index (κ2) is 10.7. The van der Waals surface area contributed by atoms with E-state index in [1.54, 1.807) is 17.3 Å². The molecule has 1 fully saturated rings. The molecular formula is C25H26N4O3. The molecule has 1 saturated heterocycles. The number of hydrogen-bond acceptors (Lipinski definition) is 6. The third kappa shape index (κ3) is 5.40. The fourth-order valence-electron chi connectivity index (χ4n) is 3.51. The first-order valence-corrected chi connectivity index (χ1v) is 10.9. The second-order valence-corrected chi connectivity index (χ2v) is 7.62. The van der Waals surface area contributed by atoms with Crippen LogP contribution in [0.5, 0.6) is 5.88 Å². The summed E-state index contributed by atoms with van der Waals surface area (Å²) in [7, 11) is 0. The zero-order chi connectivity index (χ0) is 22.2. The van der Waals surface area contributed by atoms with Gasteiger partial charge in [0.2, 0.25) is 5.88 Å². The van der Waals surface area contributed by atoms with Crippen molar-refractivity contribution in [3.63, 3.8) is 0 Å². The van der Waals surface area contributed by atoms with Gasteiger partial charge >= 0.3 is 0 Å². The SMILES string of the molecule is CCCCC#Cc1cncc(C(=O)N2CCOC(COc3ncnc4ccccc34)C2)c1. The van der Waals surface area contributed by atoms with Crippen LogP contribution in [0.25, 0.3) is 10.9 Å². The fraction of sp³-hybridized carbons (Fsp3) is 0.360. The molecule has 2 aromatic heterocycles. The first-order chi connectivity index (χ1) is 15.7.